The van der Waals surface area contributed by atoms with Crippen molar-refractivity contribution < 1.29 is 28.0 Å². The van der Waals surface area contributed by atoms with Gasteiger partial charge in [0.1, 0.15) is 0 Å². The number of imide groups is 1. The molecule has 6 nitrogen and oxygen atoms in total. The van der Waals surface area contributed by atoms with Crippen LogP contribution in [-0.2, 0) is 17.5 Å². The van der Waals surface area contributed by atoms with E-state index in [-0.39, 0.29) is 27.1 Å². The van der Waals surface area contributed by atoms with Crippen molar-refractivity contribution in [3.05, 3.63) is 69.2 Å². The SMILES string of the molecule is O=C1S/C(=C\c2ccc3c(cnn3Cc3ccc(Cl)cc3C(F)(F)F)c2)C(=O)N1O. The Kier molecular flexibility index (Phi) is 5.08. The van der Waals surface area contributed by atoms with Crippen LogP contribution >= 0.6 is 23.4 Å². The Balaban J connectivity index is 1.66. The topological polar surface area (TPSA) is 75.4 Å². The van der Waals surface area contributed by atoms with Crippen LogP contribution in [0.4, 0.5) is 18.0 Å². The van der Waals surface area contributed by atoms with E-state index >= 15 is 0 Å². The summed E-state index contributed by atoms with van der Waals surface area (Å²) in [6.45, 7) is -0.113. The molecule has 0 bridgehead atoms. The van der Waals surface area contributed by atoms with E-state index in [1.165, 1.54) is 29.1 Å². The first-order valence-corrected chi connectivity index (χ1v) is 9.61. The van der Waals surface area contributed by atoms with E-state index < -0.39 is 22.9 Å². The van der Waals surface area contributed by atoms with Crippen molar-refractivity contribution in [2.45, 2.75) is 12.7 Å². The molecule has 1 N–H and O–H groups in total. The molecular weight excluding hydrogens is 443 g/mol. The highest BCUT2D eigenvalue weighted by Gasteiger charge is 2.35. The number of amides is 2. The van der Waals surface area contributed by atoms with Gasteiger partial charge in [-0.25, -0.2) is 0 Å². The average Bonchev–Trinajstić information content (AvgIpc) is 3.18. The molecule has 30 heavy (non-hydrogen) atoms. The zero-order valence-corrected chi connectivity index (χ0v) is 16.4. The van der Waals surface area contributed by atoms with E-state index in [0.717, 1.165) is 6.07 Å². The van der Waals surface area contributed by atoms with Crippen molar-refractivity contribution in [3.8, 4) is 0 Å². The summed E-state index contributed by atoms with van der Waals surface area (Å²) in [7, 11) is 0. The van der Waals surface area contributed by atoms with E-state index in [1.807, 2.05) is 0 Å². The van der Waals surface area contributed by atoms with E-state index in [9.17, 15) is 28.0 Å². The molecule has 0 spiro atoms. The maximum Gasteiger partial charge on any atom is 0.416 e. The maximum atomic E-state index is 13.3. The minimum absolute atomic E-state index is 0.00617. The third-order valence-corrected chi connectivity index (χ3v) is 5.53. The normalized spacial score (nSPS) is 16.3. The van der Waals surface area contributed by atoms with Crippen LogP contribution in [0.1, 0.15) is 16.7 Å². The van der Waals surface area contributed by atoms with Gasteiger partial charge in [-0.2, -0.15) is 18.3 Å². The van der Waals surface area contributed by atoms with Crippen molar-refractivity contribution in [1.82, 2.24) is 14.8 Å². The first-order valence-electron chi connectivity index (χ1n) is 8.41. The fourth-order valence-electron chi connectivity index (χ4n) is 3.04. The summed E-state index contributed by atoms with van der Waals surface area (Å²) in [5.74, 6) is -0.816. The van der Waals surface area contributed by atoms with Gasteiger partial charge in [-0.3, -0.25) is 19.5 Å². The zero-order chi connectivity index (χ0) is 21.6. The second-order valence-electron chi connectivity index (χ2n) is 6.41. The third kappa shape index (κ3) is 3.81. The van der Waals surface area contributed by atoms with Crippen LogP contribution in [-0.4, -0.2) is 31.2 Å². The van der Waals surface area contributed by atoms with Gasteiger partial charge in [-0.15, -0.1) is 5.06 Å². The van der Waals surface area contributed by atoms with Crippen LogP contribution in [0.2, 0.25) is 5.02 Å². The zero-order valence-electron chi connectivity index (χ0n) is 14.9. The van der Waals surface area contributed by atoms with Gasteiger partial charge in [0.15, 0.2) is 0 Å². The standard InChI is InChI=1S/C19H11ClF3N3O3S/c20-13-3-2-11(14(7-13)19(21,22)23)9-25-15-4-1-10(5-12(15)8-24-25)6-16-17(27)26(29)18(28)30-16/h1-8,29H,9H2/b16-6-. The van der Waals surface area contributed by atoms with Gasteiger partial charge in [-0.1, -0.05) is 23.7 Å². The van der Waals surface area contributed by atoms with Crippen LogP contribution in [0.25, 0.3) is 17.0 Å². The average molecular weight is 454 g/mol. The van der Waals surface area contributed by atoms with Crippen molar-refractivity contribution in [3.63, 3.8) is 0 Å². The highest BCUT2D eigenvalue weighted by atomic mass is 35.5. The van der Waals surface area contributed by atoms with Gasteiger partial charge in [0, 0.05) is 10.4 Å². The number of rotatable bonds is 3. The van der Waals surface area contributed by atoms with Gasteiger partial charge >= 0.3 is 11.4 Å². The minimum Gasteiger partial charge on any atom is -0.278 e. The fourth-order valence-corrected chi connectivity index (χ4v) is 3.94. The molecule has 1 saturated heterocycles. The van der Waals surface area contributed by atoms with E-state index in [4.69, 9.17) is 11.6 Å². The highest BCUT2D eigenvalue weighted by Crippen LogP contribution is 2.35. The molecule has 1 aromatic heterocycles. The molecule has 0 saturated carbocycles. The molecule has 4 rings (SSSR count). The third-order valence-electron chi connectivity index (χ3n) is 4.43. The number of benzene rings is 2. The lowest BCUT2D eigenvalue weighted by Gasteiger charge is -2.14. The number of hydroxylamine groups is 2. The number of carbonyl (C=O) groups is 2. The lowest BCUT2D eigenvalue weighted by molar-refractivity contribution is -0.144. The summed E-state index contributed by atoms with van der Waals surface area (Å²) >= 11 is 6.33. The number of aromatic nitrogens is 2. The Bertz CT molecular complexity index is 1220. The predicted octanol–water partition coefficient (Wildman–Crippen LogP) is 5.18. The molecule has 2 heterocycles. The number of hydrogen-bond donors (Lipinski definition) is 1. The Morgan fingerprint density at radius 2 is 1.93 bits per heavy atom. The first-order chi connectivity index (χ1) is 14.1. The van der Waals surface area contributed by atoms with Gasteiger partial charge in [0.05, 0.1) is 28.7 Å². The molecule has 1 aliphatic rings. The molecular formula is C19H11ClF3N3O3S. The van der Waals surface area contributed by atoms with Crippen molar-refractivity contribution in [2.24, 2.45) is 0 Å². The largest absolute Gasteiger partial charge is 0.416 e. The molecule has 1 aliphatic heterocycles. The van der Waals surface area contributed by atoms with E-state index in [1.54, 1.807) is 18.2 Å². The maximum absolute atomic E-state index is 13.3. The van der Waals surface area contributed by atoms with Gasteiger partial charge in [0.25, 0.3) is 5.91 Å². The summed E-state index contributed by atoms with van der Waals surface area (Å²) < 4.78 is 41.4. The number of thioether (sulfide) groups is 1. The smallest absolute Gasteiger partial charge is 0.278 e. The molecule has 2 amide bonds. The summed E-state index contributed by atoms with van der Waals surface area (Å²) in [5.41, 5.74) is 0.363. The Morgan fingerprint density at radius 3 is 2.60 bits per heavy atom. The molecule has 3 aromatic rings. The fraction of sp³-hybridized carbons (Fsp3) is 0.105. The van der Waals surface area contributed by atoms with Crippen molar-refractivity contribution in [1.29, 1.82) is 0 Å². The number of fused-ring (bicyclic) bond motifs is 1. The Morgan fingerprint density at radius 1 is 1.17 bits per heavy atom. The van der Waals surface area contributed by atoms with Gasteiger partial charge < -0.3 is 0 Å². The Labute approximate surface area is 176 Å². The molecule has 1 fully saturated rings. The number of carbonyl (C=O) groups excluding carboxylic acids is 2. The van der Waals surface area contributed by atoms with Crippen LogP contribution < -0.4 is 0 Å². The van der Waals surface area contributed by atoms with Crippen molar-refractivity contribution in [2.75, 3.05) is 0 Å². The van der Waals surface area contributed by atoms with Crippen molar-refractivity contribution >= 4 is 51.5 Å². The monoisotopic (exact) mass is 453 g/mol. The lowest BCUT2D eigenvalue weighted by Crippen LogP contribution is -2.23. The minimum atomic E-state index is -4.55. The van der Waals surface area contributed by atoms with Gasteiger partial charge in [-0.05, 0) is 53.2 Å². The molecule has 0 unspecified atom stereocenters. The number of alkyl halides is 3. The summed E-state index contributed by atoms with van der Waals surface area (Å²) in [4.78, 5) is 23.2. The van der Waals surface area contributed by atoms with Crippen LogP contribution in [0, 0.1) is 0 Å². The quantitative estimate of drug-likeness (QED) is 0.436. The van der Waals surface area contributed by atoms with Crippen LogP contribution in [0.5, 0.6) is 0 Å². The predicted molar refractivity (Wildman–Crippen MR) is 105 cm³/mol. The highest BCUT2D eigenvalue weighted by molar-refractivity contribution is 8.18. The number of hydrogen-bond acceptors (Lipinski definition) is 5. The molecule has 2 aromatic carbocycles. The number of halogens is 4. The van der Waals surface area contributed by atoms with Crippen LogP contribution in [0.3, 0.4) is 0 Å². The second-order valence-corrected chi connectivity index (χ2v) is 7.84. The molecule has 0 radical (unpaired) electrons. The molecule has 11 heteroatoms. The summed E-state index contributed by atoms with van der Waals surface area (Å²) in [5, 5.41) is 13.3. The molecule has 0 aliphatic carbocycles. The van der Waals surface area contributed by atoms with E-state index in [0.29, 0.717) is 28.2 Å². The summed E-state index contributed by atoms with van der Waals surface area (Å²) in [6, 6.07) is 8.56. The number of nitrogens with zero attached hydrogens (tertiary/aromatic N) is 3. The molecule has 0 atom stereocenters. The molecule has 154 valence electrons. The summed E-state index contributed by atoms with van der Waals surface area (Å²) in [6.07, 6.45) is -1.61. The lowest BCUT2D eigenvalue weighted by atomic mass is 10.1. The second kappa shape index (κ2) is 7.46. The van der Waals surface area contributed by atoms with Gasteiger partial charge in [0.2, 0.25) is 0 Å². The first kappa shape index (κ1) is 20.5. The Hall–Kier alpha value is -2.82. The van der Waals surface area contributed by atoms with E-state index in [2.05, 4.69) is 5.10 Å². The van der Waals surface area contributed by atoms with Crippen LogP contribution in [0.15, 0.2) is 47.5 Å².